The van der Waals surface area contributed by atoms with Gasteiger partial charge in [0.25, 0.3) is 0 Å². The summed E-state index contributed by atoms with van der Waals surface area (Å²) in [6.45, 7) is 7.91. The molecule has 29 heavy (non-hydrogen) atoms. The van der Waals surface area contributed by atoms with Crippen LogP contribution >= 0.6 is 11.6 Å². The Morgan fingerprint density at radius 1 is 1.14 bits per heavy atom. The largest absolute Gasteiger partial charge is 0.598 e. The first-order valence-corrected chi connectivity index (χ1v) is 11.8. The summed E-state index contributed by atoms with van der Waals surface area (Å²) in [6, 6.07) is 5.82. The third-order valence-corrected chi connectivity index (χ3v) is 7.18. The highest BCUT2D eigenvalue weighted by Crippen LogP contribution is 2.37. The third kappa shape index (κ3) is 6.07. The molecule has 0 radical (unpaired) electrons. The van der Waals surface area contributed by atoms with Crippen LogP contribution in [-0.2, 0) is 11.4 Å². The fraction of sp³-hybridized carbons (Fsp3) is 0.545. The van der Waals surface area contributed by atoms with Crippen molar-refractivity contribution >= 4 is 34.5 Å². The van der Waals surface area contributed by atoms with E-state index < -0.39 is 11.4 Å². The summed E-state index contributed by atoms with van der Waals surface area (Å²) in [4.78, 5) is 8.86. The van der Waals surface area contributed by atoms with Gasteiger partial charge < -0.3 is 9.87 Å². The molecule has 1 saturated carbocycles. The monoisotopic (exact) mass is 434 g/mol. The molecular weight excluding hydrogens is 404 g/mol. The number of hydrogen-bond acceptors (Lipinski definition) is 5. The topological polar surface area (TPSA) is 72.9 Å². The van der Waals surface area contributed by atoms with Gasteiger partial charge in [-0.2, -0.15) is 0 Å². The highest BCUT2D eigenvalue weighted by molar-refractivity contribution is 7.90. The Morgan fingerprint density at radius 3 is 2.45 bits per heavy atom. The third-order valence-electron chi connectivity index (χ3n) is 5.31. The van der Waals surface area contributed by atoms with Gasteiger partial charge in [-0.1, -0.05) is 30.9 Å². The minimum atomic E-state index is -1.16. The Labute approximate surface area is 182 Å². The summed E-state index contributed by atoms with van der Waals surface area (Å²) in [6.07, 6.45) is 9.58. The minimum Gasteiger partial charge on any atom is -0.598 e. The number of rotatable bonds is 6. The number of nitrogens with zero attached hydrogens (tertiary/aromatic N) is 2. The molecule has 0 bridgehead atoms. The van der Waals surface area contributed by atoms with Crippen molar-refractivity contribution in [3.05, 3.63) is 46.9 Å². The van der Waals surface area contributed by atoms with Gasteiger partial charge in [0.2, 0.25) is 0 Å². The van der Waals surface area contributed by atoms with Crippen LogP contribution < -0.4 is 10.0 Å². The molecule has 2 atom stereocenters. The Hall–Kier alpha value is -1.34. The number of pyridine rings is 2. The van der Waals surface area contributed by atoms with E-state index in [9.17, 15) is 4.55 Å². The number of aryl methyl sites for hydroxylation is 1. The molecule has 0 aliphatic heterocycles. The average Bonchev–Trinajstić information content (AvgIpc) is 2.69. The molecule has 5 nitrogen and oxygen atoms in total. The van der Waals surface area contributed by atoms with Crippen molar-refractivity contribution in [2.75, 3.05) is 5.32 Å². The molecule has 158 valence electrons. The second-order valence-corrected chi connectivity index (χ2v) is 11.2. The summed E-state index contributed by atoms with van der Waals surface area (Å²) in [5.41, 5.74) is 2.79. The molecule has 0 saturated heterocycles. The molecule has 0 unspecified atom stereocenters. The molecule has 3 rings (SSSR count). The minimum absolute atomic E-state index is 0.0181. The maximum Gasteiger partial charge on any atom is 0.149 e. The fourth-order valence-electron chi connectivity index (χ4n) is 3.59. The molecule has 2 aromatic rings. The molecule has 2 aromatic heterocycles. The van der Waals surface area contributed by atoms with Crippen LogP contribution in [0.1, 0.15) is 70.2 Å². The first kappa shape index (κ1) is 22.3. The van der Waals surface area contributed by atoms with Gasteiger partial charge in [-0.3, -0.25) is 4.98 Å². The molecule has 1 fully saturated rings. The van der Waals surface area contributed by atoms with Crippen LogP contribution in [0.3, 0.4) is 0 Å². The number of hydrogen-bond donors (Lipinski definition) is 2. The van der Waals surface area contributed by atoms with E-state index >= 15 is 0 Å². The molecule has 2 N–H and O–H groups in total. The van der Waals surface area contributed by atoms with Gasteiger partial charge in [0, 0.05) is 23.3 Å². The Kier molecular flexibility index (Phi) is 7.43. The summed E-state index contributed by atoms with van der Waals surface area (Å²) >= 11 is 5.41. The van der Waals surface area contributed by atoms with Gasteiger partial charge >= 0.3 is 0 Å². The Balaban J connectivity index is 1.82. The summed E-state index contributed by atoms with van der Waals surface area (Å²) < 4.78 is 15.9. The van der Waals surface area contributed by atoms with Crippen molar-refractivity contribution in [3.63, 3.8) is 0 Å². The van der Waals surface area contributed by atoms with Crippen molar-refractivity contribution < 1.29 is 4.55 Å². The quantitative estimate of drug-likeness (QED) is 0.557. The zero-order valence-corrected chi connectivity index (χ0v) is 19.2. The maximum atomic E-state index is 12.8. The highest BCUT2D eigenvalue weighted by atomic mass is 35.5. The normalized spacial score (nSPS) is 17.7. The van der Waals surface area contributed by atoms with Crippen molar-refractivity contribution in [2.45, 2.75) is 70.6 Å². The lowest BCUT2D eigenvalue weighted by atomic mass is 9.82. The van der Waals surface area contributed by atoms with E-state index in [1.54, 1.807) is 6.20 Å². The maximum absolute atomic E-state index is 12.8. The van der Waals surface area contributed by atoms with Crippen LogP contribution in [-0.4, -0.2) is 19.3 Å². The molecule has 1 aliphatic carbocycles. The van der Waals surface area contributed by atoms with Gasteiger partial charge in [-0.05, 0) is 70.2 Å². The van der Waals surface area contributed by atoms with Gasteiger partial charge in [-0.25, -0.2) is 4.98 Å². The van der Waals surface area contributed by atoms with Crippen molar-refractivity contribution in [1.29, 1.82) is 0 Å². The first-order valence-electron chi connectivity index (χ1n) is 10.3. The Bertz CT molecular complexity index is 803. The molecule has 2 heterocycles. The lowest BCUT2D eigenvalue weighted by Crippen LogP contribution is -2.43. The molecule has 7 heteroatoms. The zero-order chi connectivity index (χ0) is 21.0. The molecule has 0 amide bonds. The molecule has 0 spiro atoms. The second kappa shape index (κ2) is 9.65. The summed E-state index contributed by atoms with van der Waals surface area (Å²) in [5.74, 6) is 1.04. The SMILES string of the molecule is Cc1ccc(Nc2ncc([C@H](N[S@+]([O-])C(C)(C)C)C3CCCCC3)cc2Cl)cn1. The van der Waals surface area contributed by atoms with E-state index in [4.69, 9.17) is 11.6 Å². The van der Waals surface area contributed by atoms with Gasteiger partial charge in [0.05, 0.1) is 22.9 Å². The van der Waals surface area contributed by atoms with E-state index in [2.05, 4.69) is 20.0 Å². The lowest BCUT2D eigenvalue weighted by Gasteiger charge is -2.34. The first-order chi connectivity index (χ1) is 13.7. The van der Waals surface area contributed by atoms with Crippen LogP contribution in [0.4, 0.5) is 11.5 Å². The molecular formula is C22H31ClN4OS. The highest BCUT2D eigenvalue weighted by Gasteiger charge is 2.34. The number of aromatic nitrogens is 2. The lowest BCUT2D eigenvalue weighted by molar-refractivity contribution is 0.292. The molecule has 0 aromatic carbocycles. The van der Waals surface area contributed by atoms with E-state index in [0.717, 1.165) is 29.8 Å². The predicted molar refractivity (Wildman–Crippen MR) is 122 cm³/mol. The van der Waals surface area contributed by atoms with Crippen LogP contribution in [0.25, 0.3) is 0 Å². The summed E-state index contributed by atoms with van der Waals surface area (Å²) in [5, 5.41) is 3.77. The van der Waals surface area contributed by atoms with E-state index in [1.165, 1.54) is 19.3 Å². The van der Waals surface area contributed by atoms with Gasteiger partial charge in [0.15, 0.2) is 0 Å². The Morgan fingerprint density at radius 2 is 1.86 bits per heavy atom. The van der Waals surface area contributed by atoms with E-state index in [-0.39, 0.29) is 10.8 Å². The number of anilines is 2. The fourth-order valence-corrected chi connectivity index (χ4v) is 4.72. The van der Waals surface area contributed by atoms with Crippen molar-refractivity contribution in [2.24, 2.45) is 5.92 Å². The van der Waals surface area contributed by atoms with Gasteiger partial charge in [-0.15, -0.1) is 4.72 Å². The van der Waals surface area contributed by atoms with Crippen LogP contribution in [0.2, 0.25) is 5.02 Å². The van der Waals surface area contributed by atoms with E-state index in [1.807, 2.05) is 52.1 Å². The predicted octanol–water partition coefficient (Wildman–Crippen LogP) is 5.86. The van der Waals surface area contributed by atoms with Gasteiger partial charge in [0.1, 0.15) is 10.6 Å². The van der Waals surface area contributed by atoms with Crippen LogP contribution in [0.15, 0.2) is 30.6 Å². The number of nitrogens with one attached hydrogen (secondary N) is 2. The smallest absolute Gasteiger partial charge is 0.149 e. The second-order valence-electron chi connectivity index (χ2n) is 8.79. The van der Waals surface area contributed by atoms with Crippen molar-refractivity contribution in [3.8, 4) is 0 Å². The number of halogens is 1. The average molecular weight is 435 g/mol. The summed E-state index contributed by atoms with van der Waals surface area (Å²) in [7, 11) is 0. The van der Waals surface area contributed by atoms with E-state index in [0.29, 0.717) is 16.8 Å². The van der Waals surface area contributed by atoms with Crippen molar-refractivity contribution in [1.82, 2.24) is 14.7 Å². The molecule has 1 aliphatic rings. The zero-order valence-electron chi connectivity index (χ0n) is 17.7. The van der Waals surface area contributed by atoms with Crippen LogP contribution in [0.5, 0.6) is 0 Å². The standard InChI is InChI=1S/C22H31ClN4OS/c1-15-10-11-18(14-24-15)26-21-19(23)12-17(13-25-21)20(16-8-6-5-7-9-16)27-29(28)22(2,3)4/h10-14,16,20,27H,5-9H2,1-4H3,(H,25,26)/t20-,29-/m1/s1. The van der Waals surface area contributed by atoms with Crippen LogP contribution in [0, 0.1) is 12.8 Å².